The first kappa shape index (κ1) is 21.4. The number of aromatic nitrogens is 3. The van der Waals surface area contributed by atoms with E-state index in [1.54, 1.807) is 6.07 Å². The molecule has 7 nitrogen and oxygen atoms in total. The average Bonchev–Trinajstić information content (AvgIpc) is 3.14. The van der Waals surface area contributed by atoms with E-state index < -0.39 is 51.4 Å². The van der Waals surface area contributed by atoms with E-state index in [-0.39, 0.29) is 10.6 Å². The molecule has 0 bridgehead atoms. The second kappa shape index (κ2) is 8.22. The lowest BCUT2D eigenvalue weighted by molar-refractivity contribution is -0.143. The summed E-state index contributed by atoms with van der Waals surface area (Å²) in [5.74, 6) is -2.58. The second-order valence-electron chi connectivity index (χ2n) is 6.06. The Morgan fingerprint density at radius 1 is 1.07 bits per heavy atom. The number of halogens is 4. The van der Waals surface area contributed by atoms with Gasteiger partial charge >= 0.3 is 6.18 Å². The molecular weight excluding hydrogens is 428 g/mol. The summed E-state index contributed by atoms with van der Waals surface area (Å²) in [7, 11) is -3.74. The summed E-state index contributed by atoms with van der Waals surface area (Å²) in [6.45, 7) is -0.444. The predicted octanol–water partition coefficient (Wildman–Crippen LogP) is 2.63. The molecule has 0 fully saturated rings. The summed E-state index contributed by atoms with van der Waals surface area (Å²) in [5, 5.41) is 8.70. The fraction of sp³-hybridized carbons (Fsp3) is 0.167. The van der Waals surface area contributed by atoms with E-state index >= 15 is 0 Å². The van der Waals surface area contributed by atoms with Crippen molar-refractivity contribution in [2.45, 2.75) is 11.1 Å². The molecule has 1 aromatic heterocycles. The number of carbonyl (C=O) groups is 1. The number of rotatable bonds is 6. The van der Waals surface area contributed by atoms with Gasteiger partial charge in [0.25, 0.3) is 5.91 Å². The molecule has 0 spiro atoms. The Labute approximate surface area is 168 Å². The van der Waals surface area contributed by atoms with Crippen molar-refractivity contribution in [1.29, 1.82) is 0 Å². The first-order chi connectivity index (χ1) is 14.1. The summed E-state index contributed by atoms with van der Waals surface area (Å²) in [6, 6.07) is 11.6. The number of alkyl halides is 3. The number of carbonyl (C=O) groups excluding carboxylic acids is 1. The smallest absolute Gasteiger partial charge is 0.350 e. The predicted molar refractivity (Wildman–Crippen MR) is 97.1 cm³/mol. The molecule has 158 valence electrons. The third-order valence-corrected chi connectivity index (χ3v) is 5.70. The van der Waals surface area contributed by atoms with Gasteiger partial charge in [0, 0.05) is 6.54 Å². The minimum absolute atomic E-state index is 0.0206. The van der Waals surface area contributed by atoms with Gasteiger partial charge in [-0.25, -0.2) is 17.5 Å². The van der Waals surface area contributed by atoms with Crippen molar-refractivity contribution in [3.05, 3.63) is 71.8 Å². The highest BCUT2D eigenvalue weighted by atomic mass is 32.2. The van der Waals surface area contributed by atoms with Gasteiger partial charge in [-0.05, 0) is 30.3 Å². The molecular formula is C18H14F4N4O3S. The van der Waals surface area contributed by atoms with Crippen LogP contribution in [0.2, 0.25) is 0 Å². The van der Waals surface area contributed by atoms with Gasteiger partial charge < -0.3 is 5.32 Å². The maximum Gasteiger partial charge on any atom is 0.435 e. The van der Waals surface area contributed by atoms with Crippen molar-refractivity contribution < 1.29 is 30.8 Å². The molecule has 0 aliphatic carbocycles. The Hall–Kier alpha value is -3.28. The summed E-state index contributed by atoms with van der Waals surface area (Å²) in [6.07, 6.45) is -5.03. The number of nitrogens with one attached hydrogen (secondary N) is 1. The van der Waals surface area contributed by atoms with Crippen LogP contribution in [-0.4, -0.2) is 41.6 Å². The number of hydrogen-bond acceptors (Lipinski definition) is 5. The Kier molecular flexibility index (Phi) is 5.87. The van der Waals surface area contributed by atoms with Crippen LogP contribution in [0.4, 0.5) is 17.6 Å². The van der Waals surface area contributed by atoms with Gasteiger partial charge in [0.1, 0.15) is 5.82 Å². The number of benzene rings is 2. The van der Waals surface area contributed by atoms with Crippen molar-refractivity contribution in [3.8, 4) is 5.69 Å². The lowest BCUT2D eigenvalue weighted by Gasteiger charge is -2.11. The molecule has 0 aliphatic rings. The van der Waals surface area contributed by atoms with E-state index in [1.165, 1.54) is 36.4 Å². The lowest BCUT2D eigenvalue weighted by Crippen LogP contribution is -2.31. The first-order valence-corrected chi connectivity index (χ1v) is 10.1. The lowest BCUT2D eigenvalue weighted by atomic mass is 10.2. The van der Waals surface area contributed by atoms with Crippen LogP contribution in [0.3, 0.4) is 0 Å². The van der Waals surface area contributed by atoms with Crippen molar-refractivity contribution in [3.63, 3.8) is 0 Å². The SMILES string of the molecule is O=C(NCCS(=O)(=O)c1ccccc1)c1nnn(-c2cccc(F)c2)c1C(F)(F)F. The van der Waals surface area contributed by atoms with Crippen LogP contribution in [0.25, 0.3) is 5.69 Å². The maximum atomic E-state index is 13.6. The highest BCUT2D eigenvalue weighted by Crippen LogP contribution is 2.32. The highest BCUT2D eigenvalue weighted by Gasteiger charge is 2.42. The number of amides is 1. The molecule has 0 radical (unpaired) electrons. The normalized spacial score (nSPS) is 12.0. The fourth-order valence-corrected chi connectivity index (χ4v) is 3.78. The Bertz CT molecular complexity index is 1160. The van der Waals surface area contributed by atoms with Crippen LogP contribution in [0.15, 0.2) is 59.5 Å². The second-order valence-corrected chi connectivity index (χ2v) is 8.17. The number of sulfone groups is 1. The molecule has 1 heterocycles. The zero-order valence-corrected chi connectivity index (χ0v) is 15.9. The van der Waals surface area contributed by atoms with Crippen molar-refractivity contribution in [2.24, 2.45) is 0 Å². The third-order valence-electron chi connectivity index (χ3n) is 3.97. The molecule has 1 amide bonds. The molecule has 1 N–H and O–H groups in total. The first-order valence-electron chi connectivity index (χ1n) is 8.44. The van der Waals surface area contributed by atoms with Gasteiger partial charge in [0.15, 0.2) is 21.2 Å². The molecule has 0 saturated heterocycles. The third kappa shape index (κ3) is 4.64. The van der Waals surface area contributed by atoms with E-state index in [0.29, 0.717) is 4.68 Å². The molecule has 3 aromatic rings. The van der Waals surface area contributed by atoms with E-state index in [0.717, 1.165) is 12.1 Å². The summed E-state index contributed by atoms with van der Waals surface area (Å²) in [5.41, 5.74) is -2.83. The van der Waals surface area contributed by atoms with Gasteiger partial charge in [-0.15, -0.1) is 5.10 Å². The van der Waals surface area contributed by atoms with Crippen LogP contribution < -0.4 is 5.32 Å². The summed E-state index contributed by atoms with van der Waals surface area (Å²) >= 11 is 0. The number of hydrogen-bond donors (Lipinski definition) is 1. The van der Waals surface area contributed by atoms with Crippen LogP contribution in [-0.2, 0) is 16.0 Å². The van der Waals surface area contributed by atoms with Crippen molar-refractivity contribution in [2.75, 3.05) is 12.3 Å². The van der Waals surface area contributed by atoms with Gasteiger partial charge in [-0.1, -0.05) is 29.5 Å². The zero-order valence-electron chi connectivity index (χ0n) is 15.1. The van der Waals surface area contributed by atoms with Gasteiger partial charge in [0.2, 0.25) is 0 Å². The molecule has 0 saturated carbocycles. The van der Waals surface area contributed by atoms with E-state index in [1.807, 2.05) is 0 Å². The van der Waals surface area contributed by atoms with Gasteiger partial charge in [0.05, 0.1) is 16.3 Å². The topological polar surface area (TPSA) is 93.9 Å². The van der Waals surface area contributed by atoms with E-state index in [9.17, 15) is 30.8 Å². The monoisotopic (exact) mass is 442 g/mol. The van der Waals surface area contributed by atoms with Crippen LogP contribution >= 0.6 is 0 Å². The minimum Gasteiger partial charge on any atom is -0.350 e. The molecule has 3 rings (SSSR count). The van der Waals surface area contributed by atoms with Crippen LogP contribution in [0.5, 0.6) is 0 Å². The maximum absolute atomic E-state index is 13.6. The largest absolute Gasteiger partial charge is 0.435 e. The Morgan fingerprint density at radius 2 is 1.77 bits per heavy atom. The van der Waals surface area contributed by atoms with E-state index in [4.69, 9.17) is 0 Å². The standard InChI is InChI=1S/C18H14F4N4O3S/c19-12-5-4-6-13(11-12)26-16(18(20,21)22)15(24-25-26)17(27)23-9-10-30(28,29)14-7-2-1-3-8-14/h1-8,11H,9-10H2,(H,23,27). The highest BCUT2D eigenvalue weighted by molar-refractivity contribution is 7.91. The molecule has 12 heteroatoms. The Morgan fingerprint density at radius 3 is 2.40 bits per heavy atom. The zero-order chi connectivity index (χ0) is 21.9. The Balaban J connectivity index is 1.81. The molecule has 0 atom stereocenters. The average molecular weight is 442 g/mol. The minimum atomic E-state index is -5.03. The molecule has 0 unspecified atom stereocenters. The summed E-state index contributed by atoms with van der Waals surface area (Å²) in [4.78, 5) is 12.3. The van der Waals surface area contributed by atoms with Gasteiger partial charge in [-0.3, -0.25) is 4.79 Å². The van der Waals surface area contributed by atoms with E-state index in [2.05, 4.69) is 15.6 Å². The quantitative estimate of drug-likeness (QED) is 0.593. The van der Waals surface area contributed by atoms with Crippen LogP contribution in [0, 0.1) is 5.82 Å². The van der Waals surface area contributed by atoms with Crippen LogP contribution in [0.1, 0.15) is 16.2 Å². The van der Waals surface area contributed by atoms with Crippen molar-refractivity contribution in [1.82, 2.24) is 20.3 Å². The van der Waals surface area contributed by atoms with Crippen molar-refractivity contribution >= 4 is 15.7 Å². The summed E-state index contributed by atoms with van der Waals surface area (Å²) < 4.78 is 78.7. The van der Waals surface area contributed by atoms with Gasteiger partial charge in [-0.2, -0.15) is 13.2 Å². The molecule has 2 aromatic carbocycles. The molecule has 0 aliphatic heterocycles. The fourth-order valence-electron chi connectivity index (χ4n) is 2.61. The molecule has 30 heavy (non-hydrogen) atoms. The number of nitrogens with zero attached hydrogens (tertiary/aromatic N) is 3.